The summed E-state index contributed by atoms with van der Waals surface area (Å²) in [6.07, 6.45) is 3.07. The van der Waals surface area contributed by atoms with E-state index in [9.17, 15) is 24.7 Å². The Morgan fingerprint density at radius 2 is 2.00 bits per heavy atom. The fraction of sp³-hybridized carbons (Fsp3) is 0.476. The number of pyridine rings is 1. The molecule has 2 aliphatic rings. The molecule has 2 fully saturated rings. The van der Waals surface area contributed by atoms with E-state index in [0.717, 1.165) is 18.9 Å². The first-order chi connectivity index (χ1) is 15.3. The van der Waals surface area contributed by atoms with Crippen molar-refractivity contribution in [1.82, 2.24) is 10.0 Å². The summed E-state index contributed by atoms with van der Waals surface area (Å²) in [4.78, 5) is 37.0. The molecule has 1 aliphatic heterocycles. The van der Waals surface area contributed by atoms with E-state index in [4.69, 9.17) is 9.84 Å². The Hall–Kier alpha value is -3.18. The molecule has 4 rings (SSSR count). The number of aromatic carboxylic acids is 1. The number of nitrogens with zero attached hydrogens (tertiary/aromatic N) is 2. The number of hydroxylamine groups is 1. The predicted octanol–water partition coefficient (Wildman–Crippen LogP) is 1.83. The quantitative estimate of drug-likeness (QED) is 0.444. The van der Waals surface area contributed by atoms with Gasteiger partial charge in [0.05, 0.1) is 24.1 Å². The number of anilines is 1. The molecule has 1 saturated heterocycles. The average Bonchev–Trinajstić information content (AvgIpc) is 3.51. The number of rotatable bonds is 8. The van der Waals surface area contributed by atoms with Crippen LogP contribution in [-0.4, -0.2) is 58.2 Å². The number of fused-ring (bicyclic) bond motifs is 1. The van der Waals surface area contributed by atoms with Crippen molar-refractivity contribution in [1.29, 1.82) is 0 Å². The molecule has 0 unspecified atom stereocenters. The zero-order valence-corrected chi connectivity index (χ0v) is 17.4. The lowest BCUT2D eigenvalue weighted by Crippen LogP contribution is -2.34. The van der Waals surface area contributed by atoms with Gasteiger partial charge in [-0.1, -0.05) is 0 Å². The Balaban J connectivity index is 1.86. The summed E-state index contributed by atoms with van der Waals surface area (Å²) in [6, 6.07) is 0.540. The number of carboxylic acid groups (broad SMARTS) is 2. The van der Waals surface area contributed by atoms with Gasteiger partial charge in [0.15, 0.2) is 11.6 Å². The van der Waals surface area contributed by atoms with Gasteiger partial charge in [-0.15, -0.1) is 0 Å². The Bertz CT molecular complexity index is 1140. The Kier molecular flexibility index (Phi) is 5.78. The van der Waals surface area contributed by atoms with Crippen molar-refractivity contribution in [2.24, 2.45) is 5.92 Å². The largest absolute Gasteiger partial charge is 0.492 e. The van der Waals surface area contributed by atoms with Crippen molar-refractivity contribution < 1.29 is 34.1 Å². The summed E-state index contributed by atoms with van der Waals surface area (Å²) in [7, 11) is 1.35. The zero-order chi connectivity index (χ0) is 23.2. The number of nitrogens with one attached hydrogen (secondary N) is 1. The van der Waals surface area contributed by atoms with E-state index in [0.29, 0.717) is 5.52 Å². The normalized spacial score (nSPS) is 20.7. The number of aliphatic carboxylic acids is 1. The number of halogens is 1. The summed E-state index contributed by atoms with van der Waals surface area (Å²) >= 11 is 0. The minimum absolute atomic E-state index is 0.0165. The van der Waals surface area contributed by atoms with Gasteiger partial charge in [0, 0.05) is 31.7 Å². The molecular formula is C21H24FN3O7. The number of hydrogen-bond donors (Lipinski definition) is 4. The van der Waals surface area contributed by atoms with Gasteiger partial charge in [-0.3, -0.25) is 9.59 Å². The molecule has 172 valence electrons. The SMILES string of the molecule is COc1c(N2C[C@H](CCC(=O)O)[C@H](NO)C2)c(F)cc2c(=O)c(C(=O)O)cn(C3CC3)c12. The molecular weight excluding hydrogens is 425 g/mol. The molecule has 1 saturated carbocycles. The van der Waals surface area contributed by atoms with Crippen molar-refractivity contribution in [3.8, 4) is 5.75 Å². The van der Waals surface area contributed by atoms with Crippen molar-refractivity contribution in [3.63, 3.8) is 0 Å². The second kappa shape index (κ2) is 8.40. The first-order valence-electron chi connectivity index (χ1n) is 10.3. The molecule has 1 aromatic heterocycles. The molecule has 0 radical (unpaired) electrons. The maximum atomic E-state index is 15.4. The highest BCUT2D eigenvalue weighted by molar-refractivity contribution is 5.97. The molecule has 0 amide bonds. The zero-order valence-electron chi connectivity index (χ0n) is 17.4. The lowest BCUT2D eigenvalue weighted by molar-refractivity contribution is -0.137. The van der Waals surface area contributed by atoms with Crippen LogP contribution in [0.2, 0.25) is 0 Å². The molecule has 0 bridgehead atoms. The molecule has 2 heterocycles. The highest BCUT2D eigenvalue weighted by atomic mass is 19.1. The van der Waals surface area contributed by atoms with E-state index >= 15 is 4.39 Å². The van der Waals surface area contributed by atoms with E-state index in [1.165, 1.54) is 13.3 Å². The van der Waals surface area contributed by atoms with Crippen molar-refractivity contribution >= 4 is 28.5 Å². The van der Waals surface area contributed by atoms with Crippen LogP contribution in [0.25, 0.3) is 10.9 Å². The van der Waals surface area contributed by atoms with Crippen LogP contribution in [0.4, 0.5) is 10.1 Å². The number of ether oxygens (including phenoxy) is 1. The summed E-state index contributed by atoms with van der Waals surface area (Å²) < 4.78 is 22.6. The van der Waals surface area contributed by atoms with E-state index in [-0.39, 0.29) is 54.7 Å². The van der Waals surface area contributed by atoms with E-state index in [1.807, 2.05) is 0 Å². The topological polar surface area (TPSA) is 141 Å². The van der Waals surface area contributed by atoms with Crippen LogP contribution in [0, 0.1) is 11.7 Å². The standard InChI is InChI=1S/C21H24FN3O7/c1-32-20-17-12(19(28)13(21(29)30)8-25(17)11-3-4-11)6-14(22)18(20)24-7-10(2-5-16(26)27)15(9-24)23-31/h6,8,10-11,15,23,31H,2-5,7,9H2,1H3,(H,26,27)(H,29,30)/t10-,15+/m0/s1. The summed E-state index contributed by atoms with van der Waals surface area (Å²) in [5, 5.41) is 27.9. The van der Waals surface area contributed by atoms with Gasteiger partial charge in [-0.05, 0) is 31.2 Å². The fourth-order valence-corrected chi connectivity index (χ4v) is 4.53. The number of methoxy groups -OCH3 is 1. The maximum Gasteiger partial charge on any atom is 0.341 e. The monoisotopic (exact) mass is 449 g/mol. The minimum atomic E-state index is -1.38. The summed E-state index contributed by atoms with van der Waals surface area (Å²) in [5.74, 6) is -3.25. The molecule has 10 nitrogen and oxygen atoms in total. The van der Waals surface area contributed by atoms with E-state index in [2.05, 4.69) is 5.48 Å². The third kappa shape index (κ3) is 3.78. The molecule has 1 aliphatic carbocycles. The van der Waals surface area contributed by atoms with E-state index in [1.54, 1.807) is 9.47 Å². The number of hydrogen-bond acceptors (Lipinski definition) is 7. The molecule has 1 aromatic carbocycles. The third-order valence-electron chi connectivity index (χ3n) is 6.23. The van der Waals surface area contributed by atoms with Crippen molar-refractivity contribution in [2.75, 3.05) is 25.1 Å². The molecule has 32 heavy (non-hydrogen) atoms. The number of carboxylic acids is 2. The fourth-order valence-electron chi connectivity index (χ4n) is 4.53. The second-order valence-corrected chi connectivity index (χ2v) is 8.28. The molecule has 4 N–H and O–H groups in total. The van der Waals surface area contributed by atoms with Crippen LogP contribution in [0.5, 0.6) is 5.75 Å². The molecule has 11 heteroatoms. The van der Waals surface area contributed by atoms with Gasteiger partial charge in [0.2, 0.25) is 5.43 Å². The number of aromatic nitrogens is 1. The van der Waals surface area contributed by atoms with Crippen LogP contribution < -0.4 is 20.5 Å². The number of carbonyl (C=O) groups is 2. The molecule has 0 spiro atoms. The van der Waals surface area contributed by atoms with Crippen LogP contribution in [0.1, 0.15) is 42.1 Å². The first-order valence-corrected chi connectivity index (χ1v) is 10.3. The lowest BCUT2D eigenvalue weighted by atomic mass is 9.98. The van der Waals surface area contributed by atoms with Crippen LogP contribution >= 0.6 is 0 Å². The van der Waals surface area contributed by atoms with Crippen molar-refractivity contribution in [2.45, 2.75) is 37.8 Å². The van der Waals surface area contributed by atoms with Gasteiger partial charge in [-0.2, -0.15) is 0 Å². The maximum absolute atomic E-state index is 15.4. The predicted molar refractivity (Wildman–Crippen MR) is 111 cm³/mol. The first kappa shape index (κ1) is 22.0. The molecule has 2 aromatic rings. The second-order valence-electron chi connectivity index (χ2n) is 8.28. The van der Waals surface area contributed by atoms with Crippen LogP contribution in [-0.2, 0) is 4.79 Å². The van der Waals surface area contributed by atoms with Gasteiger partial charge in [0.25, 0.3) is 0 Å². The highest BCUT2D eigenvalue weighted by Crippen LogP contribution is 2.44. The Labute approximate surface area is 181 Å². The van der Waals surface area contributed by atoms with Crippen LogP contribution in [0.15, 0.2) is 17.1 Å². The minimum Gasteiger partial charge on any atom is -0.492 e. The summed E-state index contributed by atoms with van der Waals surface area (Å²) in [6.45, 7) is 0.464. The Morgan fingerprint density at radius 1 is 1.28 bits per heavy atom. The van der Waals surface area contributed by atoms with Gasteiger partial charge in [0.1, 0.15) is 11.3 Å². The third-order valence-corrected chi connectivity index (χ3v) is 6.23. The van der Waals surface area contributed by atoms with Gasteiger partial charge >= 0.3 is 11.9 Å². The van der Waals surface area contributed by atoms with Crippen molar-refractivity contribution in [3.05, 3.63) is 33.9 Å². The van der Waals surface area contributed by atoms with Gasteiger partial charge in [-0.25, -0.2) is 14.7 Å². The van der Waals surface area contributed by atoms with Gasteiger partial charge < -0.3 is 29.6 Å². The van der Waals surface area contributed by atoms with Crippen LogP contribution in [0.3, 0.4) is 0 Å². The lowest BCUT2D eigenvalue weighted by Gasteiger charge is -2.24. The number of benzene rings is 1. The average molecular weight is 449 g/mol. The van der Waals surface area contributed by atoms with E-state index < -0.39 is 34.8 Å². The summed E-state index contributed by atoms with van der Waals surface area (Å²) in [5.41, 5.74) is 1.38. The Morgan fingerprint density at radius 3 is 2.56 bits per heavy atom. The highest BCUT2D eigenvalue weighted by Gasteiger charge is 2.37. The smallest absolute Gasteiger partial charge is 0.341 e. The molecule has 2 atom stereocenters.